The summed E-state index contributed by atoms with van der Waals surface area (Å²) in [7, 11) is 0. The number of fused-ring (bicyclic) bond motifs is 1. The fraction of sp³-hybridized carbons (Fsp3) is 0.524. The molecule has 1 amide bonds. The van der Waals surface area contributed by atoms with Crippen molar-refractivity contribution in [2.45, 2.75) is 26.1 Å². The number of carbonyl (C=O) groups is 1. The largest absolute Gasteiger partial charge is 0.416 e. The van der Waals surface area contributed by atoms with Crippen LogP contribution in [0.1, 0.15) is 28.5 Å². The lowest BCUT2D eigenvalue weighted by Gasteiger charge is -2.23. The first-order valence-electron chi connectivity index (χ1n) is 10.0. The number of alkyl halides is 3. The van der Waals surface area contributed by atoms with Crippen LogP contribution in [0, 0.1) is 17.8 Å². The lowest BCUT2D eigenvalue weighted by atomic mass is 10.1. The van der Waals surface area contributed by atoms with Crippen molar-refractivity contribution in [2.75, 3.05) is 26.2 Å². The van der Waals surface area contributed by atoms with E-state index >= 15 is 0 Å². The smallest absolute Gasteiger partial charge is 0.337 e. The minimum absolute atomic E-state index is 0.151. The van der Waals surface area contributed by atoms with Gasteiger partial charge in [-0.05, 0) is 55.8 Å². The van der Waals surface area contributed by atoms with Crippen molar-refractivity contribution in [1.29, 1.82) is 0 Å². The average molecular weight is 406 g/mol. The van der Waals surface area contributed by atoms with Crippen molar-refractivity contribution in [3.63, 3.8) is 0 Å². The number of nitrogens with zero attached hydrogens (tertiary/aromatic N) is 3. The second-order valence-corrected chi connectivity index (χ2v) is 7.94. The Kier molecular flexibility index (Phi) is 5.38. The summed E-state index contributed by atoms with van der Waals surface area (Å²) in [5.74, 6) is 1.52. The van der Waals surface area contributed by atoms with Gasteiger partial charge in [-0.15, -0.1) is 0 Å². The molecular weight excluding hydrogens is 381 g/mol. The van der Waals surface area contributed by atoms with E-state index in [0.29, 0.717) is 48.5 Å². The van der Waals surface area contributed by atoms with Gasteiger partial charge >= 0.3 is 6.18 Å². The number of aryl methyl sites for hydroxylation is 1. The summed E-state index contributed by atoms with van der Waals surface area (Å²) in [6, 6.07) is 5.34. The quantitative estimate of drug-likeness (QED) is 0.769. The predicted octanol–water partition coefficient (Wildman–Crippen LogP) is 3.07. The van der Waals surface area contributed by atoms with Crippen LogP contribution in [0.5, 0.6) is 0 Å². The van der Waals surface area contributed by atoms with Crippen molar-refractivity contribution in [3.05, 3.63) is 53.6 Å². The third-order valence-electron chi connectivity index (χ3n) is 6.13. The molecule has 2 heterocycles. The third kappa shape index (κ3) is 4.32. The van der Waals surface area contributed by atoms with E-state index in [9.17, 15) is 18.0 Å². The Morgan fingerprint density at radius 3 is 2.72 bits per heavy atom. The molecule has 156 valence electrons. The Bertz CT molecular complexity index is 869. The minimum Gasteiger partial charge on any atom is -0.337 e. The lowest BCUT2D eigenvalue weighted by molar-refractivity contribution is -0.137. The maximum atomic E-state index is 13.1. The molecule has 2 aliphatic rings. The standard InChI is InChI=1S/C21H25F3N4O/c1-2-27-12-19(26-13-27)20(29)28(11-18-16-9-25-10-17(16)18)7-6-14-4-3-5-15(8-14)21(22,23)24/h3-5,8,12-13,16-18,25H,2,6-7,9-11H2,1H3. The fourth-order valence-corrected chi connectivity index (χ4v) is 4.32. The first-order valence-corrected chi connectivity index (χ1v) is 10.0. The molecule has 1 aromatic heterocycles. The topological polar surface area (TPSA) is 50.2 Å². The van der Waals surface area contributed by atoms with Gasteiger partial charge in [-0.1, -0.05) is 18.2 Å². The van der Waals surface area contributed by atoms with Gasteiger partial charge in [-0.3, -0.25) is 4.79 Å². The zero-order chi connectivity index (χ0) is 20.6. The molecule has 0 spiro atoms. The highest BCUT2D eigenvalue weighted by molar-refractivity contribution is 5.92. The third-order valence-corrected chi connectivity index (χ3v) is 6.13. The minimum atomic E-state index is -4.36. The van der Waals surface area contributed by atoms with Crippen LogP contribution in [0.25, 0.3) is 0 Å². The summed E-state index contributed by atoms with van der Waals surface area (Å²) in [5, 5.41) is 3.35. The highest BCUT2D eigenvalue weighted by Crippen LogP contribution is 2.49. The SMILES string of the molecule is CCn1cnc(C(=O)N(CCc2cccc(C(F)(F)F)c2)CC2C3CNCC32)c1. The lowest BCUT2D eigenvalue weighted by Crippen LogP contribution is -2.36. The van der Waals surface area contributed by atoms with Gasteiger partial charge in [0.2, 0.25) is 0 Å². The Labute approximate surface area is 167 Å². The molecule has 2 atom stereocenters. The molecule has 8 heteroatoms. The number of halogens is 3. The van der Waals surface area contributed by atoms with Crippen molar-refractivity contribution in [3.8, 4) is 0 Å². The van der Waals surface area contributed by atoms with Crippen LogP contribution in [-0.2, 0) is 19.1 Å². The van der Waals surface area contributed by atoms with Gasteiger partial charge in [-0.25, -0.2) is 4.98 Å². The van der Waals surface area contributed by atoms with Crippen LogP contribution in [0.15, 0.2) is 36.8 Å². The molecule has 0 radical (unpaired) electrons. The zero-order valence-electron chi connectivity index (χ0n) is 16.3. The molecule has 2 aromatic rings. The summed E-state index contributed by atoms with van der Waals surface area (Å²) in [6.45, 7) is 5.67. The van der Waals surface area contributed by atoms with E-state index in [0.717, 1.165) is 25.7 Å². The molecule has 1 aliphatic heterocycles. The van der Waals surface area contributed by atoms with Crippen LogP contribution >= 0.6 is 0 Å². The zero-order valence-corrected chi connectivity index (χ0v) is 16.3. The molecule has 2 unspecified atom stereocenters. The number of imidazole rings is 1. The van der Waals surface area contributed by atoms with Gasteiger partial charge in [0, 0.05) is 25.8 Å². The average Bonchev–Trinajstić information content (AvgIpc) is 3.11. The summed E-state index contributed by atoms with van der Waals surface area (Å²) in [5.41, 5.74) is 0.312. The van der Waals surface area contributed by atoms with Gasteiger partial charge in [-0.2, -0.15) is 13.2 Å². The van der Waals surface area contributed by atoms with Crippen LogP contribution in [0.2, 0.25) is 0 Å². The van der Waals surface area contributed by atoms with Crippen LogP contribution in [0.4, 0.5) is 13.2 Å². The second-order valence-electron chi connectivity index (χ2n) is 7.94. The molecule has 1 saturated carbocycles. The normalized spacial score (nSPS) is 23.1. The molecule has 1 saturated heterocycles. The summed E-state index contributed by atoms with van der Waals surface area (Å²) in [6.07, 6.45) is -0.621. The molecule has 0 bridgehead atoms. The van der Waals surface area contributed by atoms with Crippen molar-refractivity contribution in [2.24, 2.45) is 17.8 Å². The van der Waals surface area contributed by atoms with E-state index in [4.69, 9.17) is 0 Å². The number of piperidine rings is 1. The number of hydrogen-bond donors (Lipinski definition) is 1. The van der Waals surface area contributed by atoms with E-state index in [1.165, 1.54) is 12.1 Å². The summed E-state index contributed by atoms with van der Waals surface area (Å²) in [4.78, 5) is 19.0. The second kappa shape index (κ2) is 7.82. The van der Waals surface area contributed by atoms with Crippen molar-refractivity contribution < 1.29 is 18.0 Å². The van der Waals surface area contributed by atoms with Gasteiger partial charge in [0.25, 0.3) is 5.91 Å². The first kappa shape index (κ1) is 19.9. The van der Waals surface area contributed by atoms with Crippen molar-refractivity contribution >= 4 is 5.91 Å². The van der Waals surface area contributed by atoms with Gasteiger partial charge in [0.1, 0.15) is 5.69 Å². The number of hydrogen-bond acceptors (Lipinski definition) is 3. The first-order chi connectivity index (χ1) is 13.9. The van der Waals surface area contributed by atoms with E-state index in [1.54, 1.807) is 23.5 Å². The van der Waals surface area contributed by atoms with E-state index in [-0.39, 0.29) is 5.91 Å². The molecule has 2 fully saturated rings. The number of rotatable bonds is 7. The van der Waals surface area contributed by atoms with Crippen molar-refractivity contribution in [1.82, 2.24) is 19.8 Å². The summed E-state index contributed by atoms with van der Waals surface area (Å²) >= 11 is 0. The van der Waals surface area contributed by atoms with Gasteiger partial charge in [0.05, 0.1) is 11.9 Å². The van der Waals surface area contributed by atoms with E-state index in [2.05, 4.69) is 10.3 Å². The molecule has 1 aliphatic carbocycles. The summed E-state index contributed by atoms with van der Waals surface area (Å²) < 4.78 is 40.8. The Morgan fingerprint density at radius 2 is 2.07 bits per heavy atom. The highest BCUT2D eigenvalue weighted by Gasteiger charge is 2.53. The number of benzene rings is 1. The molecule has 5 nitrogen and oxygen atoms in total. The molecule has 4 rings (SSSR count). The van der Waals surface area contributed by atoms with Crippen LogP contribution in [-0.4, -0.2) is 46.5 Å². The predicted molar refractivity (Wildman–Crippen MR) is 102 cm³/mol. The highest BCUT2D eigenvalue weighted by atomic mass is 19.4. The molecule has 29 heavy (non-hydrogen) atoms. The fourth-order valence-electron chi connectivity index (χ4n) is 4.32. The Morgan fingerprint density at radius 1 is 1.31 bits per heavy atom. The van der Waals surface area contributed by atoms with E-state index < -0.39 is 11.7 Å². The van der Waals surface area contributed by atoms with Crippen LogP contribution in [0.3, 0.4) is 0 Å². The molecule has 1 N–H and O–H groups in total. The van der Waals surface area contributed by atoms with Gasteiger partial charge in [0.15, 0.2) is 0 Å². The Balaban J connectivity index is 1.47. The Hall–Kier alpha value is -2.35. The van der Waals surface area contributed by atoms with Gasteiger partial charge < -0.3 is 14.8 Å². The maximum absolute atomic E-state index is 13.1. The van der Waals surface area contributed by atoms with E-state index in [1.807, 2.05) is 11.5 Å². The number of aromatic nitrogens is 2. The van der Waals surface area contributed by atoms with Crippen LogP contribution < -0.4 is 5.32 Å². The maximum Gasteiger partial charge on any atom is 0.416 e. The molecular formula is C21H25F3N4O. The number of nitrogens with one attached hydrogen (secondary N) is 1. The monoisotopic (exact) mass is 406 g/mol. The molecule has 1 aromatic carbocycles. The number of carbonyl (C=O) groups excluding carboxylic acids is 1. The number of amides is 1.